The Morgan fingerprint density at radius 3 is 2.56 bits per heavy atom. The molecule has 2 atom stereocenters. The molecule has 2 rings (SSSR count). The van der Waals surface area contributed by atoms with Crippen molar-refractivity contribution < 1.29 is 19.0 Å². The van der Waals surface area contributed by atoms with Crippen molar-refractivity contribution in [2.45, 2.75) is 38.3 Å². The highest BCUT2D eigenvalue weighted by molar-refractivity contribution is 5.75. The zero-order valence-corrected chi connectivity index (χ0v) is 10.9. The predicted molar refractivity (Wildman–Crippen MR) is 66.0 cm³/mol. The van der Waals surface area contributed by atoms with Crippen LogP contribution in [0.25, 0.3) is 0 Å². The Hall–Kier alpha value is -1.39. The standard InChI is InChI=1S/C14H18O4/c1-14(2)17-11(12(18-14)13(15)16-3)9-10-7-5-4-6-8-10/h4-8,11-12H,9H2,1-3H3/t11?,12-/m1/s1. The van der Waals surface area contributed by atoms with Gasteiger partial charge in [0.2, 0.25) is 0 Å². The van der Waals surface area contributed by atoms with Crippen LogP contribution in [0.3, 0.4) is 0 Å². The average molecular weight is 250 g/mol. The molecule has 1 heterocycles. The summed E-state index contributed by atoms with van der Waals surface area (Å²) >= 11 is 0. The van der Waals surface area contributed by atoms with Gasteiger partial charge in [-0.25, -0.2) is 4.79 Å². The minimum Gasteiger partial charge on any atom is -0.467 e. The lowest BCUT2D eigenvalue weighted by Crippen LogP contribution is -2.33. The van der Waals surface area contributed by atoms with Crippen molar-refractivity contribution >= 4 is 5.97 Å². The summed E-state index contributed by atoms with van der Waals surface area (Å²) in [7, 11) is 1.36. The first kappa shape index (κ1) is 13.1. The fourth-order valence-corrected chi connectivity index (χ4v) is 2.15. The summed E-state index contributed by atoms with van der Waals surface area (Å²) in [6, 6.07) is 9.89. The Balaban J connectivity index is 2.12. The second-order valence-corrected chi connectivity index (χ2v) is 4.81. The van der Waals surface area contributed by atoms with Crippen LogP contribution in [0.4, 0.5) is 0 Å². The van der Waals surface area contributed by atoms with E-state index in [1.54, 1.807) is 13.8 Å². The summed E-state index contributed by atoms with van der Waals surface area (Å²) in [4.78, 5) is 11.7. The van der Waals surface area contributed by atoms with Crippen LogP contribution in [-0.4, -0.2) is 31.1 Å². The van der Waals surface area contributed by atoms with Crippen molar-refractivity contribution in [2.24, 2.45) is 0 Å². The van der Waals surface area contributed by atoms with Gasteiger partial charge in [-0.05, 0) is 19.4 Å². The van der Waals surface area contributed by atoms with Gasteiger partial charge in [0.25, 0.3) is 0 Å². The van der Waals surface area contributed by atoms with E-state index in [0.29, 0.717) is 6.42 Å². The number of ether oxygens (including phenoxy) is 3. The number of benzene rings is 1. The molecular formula is C14H18O4. The second kappa shape index (κ2) is 5.08. The average Bonchev–Trinajstić information content (AvgIpc) is 2.65. The Kier molecular flexibility index (Phi) is 3.68. The molecule has 0 saturated carbocycles. The van der Waals surface area contributed by atoms with E-state index >= 15 is 0 Å². The number of carbonyl (C=O) groups is 1. The molecule has 18 heavy (non-hydrogen) atoms. The van der Waals surface area contributed by atoms with Crippen LogP contribution in [0, 0.1) is 0 Å². The molecular weight excluding hydrogens is 232 g/mol. The highest BCUT2D eigenvalue weighted by atomic mass is 16.8. The Bertz CT molecular complexity index is 413. The van der Waals surface area contributed by atoms with E-state index in [-0.39, 0.29) is 12.1 Å². The van der Waals surface area contributed by atoms with Gasteiger partial charge in [0.15, 0.2) is 11.9 Å². The molecule has 0 radical (unpaired) electrons. The molecule has 1 aliphatic rings. The normalized spacial score (nSPS) is 25.9. The zero-order valence-electron chi connectivity index (χ0n) is 10.9. The van der Waals surface area contributed by atoms with Gasteiger partial charge in [0, 0.05) is 6.42 Å². The SMILES string of the molecule is COC(=O)[C@@H]1OC(C)(C)OC1Cc1ccccc1. The third-order valence-electron chi connectivity index (χ3n) is 2.90. The topological polar surface area (TPSA) is 44.8 Å². The van der Waals surface area contributed by atoms with Gasteiger partial charge in [0.1, 0.15) is 6.10 Å². The van der Waals surface area contributed by atoms with Crippen molar-refractivity contribution in [3.63, 3.8) is 0 Å². The van der Waals surface area contributed by atoms with Crippen LogP contribution in [0.5, 0.6) is 0 Å². The summed E-state index contributed by atoms with van der Waals surface area (Å²) in [5.74, 6) is -1.14. The number of esters is 1. The molecule has 1 fully saturated rings. The first-order valence-electron chi connectivity index (χ1n) is 5.99. The van der Waals surface area contributed by atoms with Gasteiger partial charge in [-0.15, -0.1) is 0 Å². The largest absolute Gasteiger partial charge is 0.467 e. The summed E-state index contributed by atoms with van der Waals surface area (Å²) in [5, 5.41) is 0. The van der Waals surface area contributed by atoms with E-state index in [1.165, 1.54) is 7.11 Å². The van der Waals surface area contributed by atoms with E-state index in [9.17, 15) is 4.79 Å². The Morgan fingerprint density at radius 2 is 1.94 bits per heavy atom. The smallest absolute Gasteiger partial charge is 0.337 e. The monoisotopic (exact) mass is 250 g/mol. The Morgan fingerprint density at radius 1 is 1.28 bits per heavy atom. The fourth-order valence-electron chi connectivity index (χ4n) is 2.15. The number of hydrogen-bond acceptors (Lipinski definition) is 4. The van der Waals surface area contributed by atoms with Crippen LogP contribution in [0.1, 0.15) is 19.4 Å². The molecule has 0 aromatic heterocycles. The van der Waals surface area contributed by atoms with Crippen molar-refractivity contribution in [3.05, 3.63) is 35.9 Å². The summed E-state index contributed by atoms with van der Waals surface area (Å²) < 4.78 is 16.1. The van der Waals surface area contributed by atoms with Crippen LogP contribution < -0.4 is 0 Å². The highest BCUT2D eigenvalue weighted by Gasteiger charge is 2.45. The van der Waals surface area contributed by atoms with E-state index < -0.39 is 11.9 Å². The minimum atomic E-state index is -0.752. The highest BCUT2D eigenvalue weighted by Crippen LogP contribution is 2.30. The minimum absolute atomic E-state index is 0.310. The number of hydrogen-bond donors (Lipinski definition) is 0. The van der Waals surface area contributed by atoms with E-state index in [1.807, 2.05) is 30.3 Å². The first-order chi connectivity index (χ1) is 8.52. The van der Waals surface area contributed by atoms with Gasteiger partial charge in [-0.3, -0.25) is 0 Å². The van der Waals surface area contributed by atoms with E-state index in [2.05, 4.69) is 0 Å². The van der Waals surface area contributed by atoms with Gasteiger partial charge in [0.05, 0.1) is 7.11 Å². The summed E-state index contributed by atoms with van der Waals surface area (Å²) in [6.45, 7) is 3.60. The molecule has 1 unspecified atom stereocenters. The van der Waals surface area contributed by atoms with Crippen LogP contribution in [-0.2, 0) is 25.4 Å². The fraction of sp³-hybridized carbons (Fsp3) is 0.500. The third kappa shape index (κ3) is 2.89. The molecule has 0 bridgehead atoms. The summed E-state index contributed by atoms with van der Waals surface area (Å²) in [6.07, 6.45) is -0.343. The molecule has 0 spiro atoms. The number of methoxy groups -OCH3 is 1. The quantitative estimate of drug-likeness (QED) is 0.769. The first-order valence-corrected chi connectivity index (χ1v) is 5.99. The van der Waals surface area contributed by atoms with E-state index in [0.717, 1.165) is 5.56 Å². The van der Waals surface area contributed by atoms with Crippen molar-refractivity contribution in [3.8, 4) is 0 Å². The van der Waals surface area contributed by atoms with Gasteiger partial charge < -0.3 is 14.2 Å². The molecule has 1 saturated heterocycles. The Labute approximate surface area is 107 Å². The van der Waals surface area contributed by atoms with Crippen LogP contribution in [0.2, 0.25) is 0 Å². The lowest BCUT2D eigenvalue weighted by atomic mass is 10.0. The third-order valence-corrected chi connectivity index (χ3v) is 2.90. The molecule has 4 nitrogen and oxygen atoms in total. The van der Waals surface area contributed by atoms with Crippen molar-refractivity contribution in [1.82, 2.24) is 0 Å². The molecule has 98 valence electrons. The maximum absolute atomic E-state index is 11.7. The predicted octanol–water partition coefficient (Wildman–Crippen LogP) is 1.92. The number of rotatable bonds is 3. The molecule has 0 amide bonds. The van der Waals surface area contributed by atoms with Gasteiger partial charge >= 0.3 is 5.97 Å². The van der Waals surface area contributed by atoms with Gasteiger partial charge in [-0.2, -0.15) is 0 Å². The maximum Gasteiger partial charge on any atom is 0.337 e. The summed E-state index contributed by atoms with van der Waals surface area (Å²) in [5.41, 5.74) is 1.11. The lowest BCUT2D eigenvalue weighted by Gasteiger charge is -2.16. The molecule has 0 aliphatic carbocycles. The lowest BCUT2D eigenvalue weighted by molar-refractivity contribution is -0.168. The molecule has 4 heteroatoms. The second-order valence-electron chi connectivity index (χ2n) is 4.81. The molecule has 1 aliphatic heterocycles. The van der Waals surface area contributed by atoms with Gasteiger partial charge in [-0.1, -0.05) is 30.3 Å². The zero-order chi connectivity index (χ0) is 13.2. The van der Waals surface area contributed by atoms with Crippen molar-refractivity contribution in [2.75, 3.05) is 7.11 Å². The van der Waals surface area contributed by atoms with Crippen molar-refractivity contribution in [1.29, 1.82) is 0 Å². The van der Waals surface area contributed by atoms with Crippen LogP contribution >= 0.6 is 0 Å². The molecule has 0 N–H and O–H groups in total. The van der Waals surface area contributed by atoms with E-state index in [4.69, 9.17) is 14.2 Å². The molecule has 1 aromatic carbocycles. The van der Waals surface area contributed by atoms with Crippen LogP contribution in [0.15, 0.2) is 30.3 Å². The molecule has 1 aromatic rings. The maximum atomic E-state index is 11.7. The number of carbonyl (C=O) groups excluding carboxylic acids is 1.